The number of hydrogen-bond acceptors (Lipinski definition) is 7. The number of nitrogens with zero attached hydrogens (tertiary/aromatic N) is 2. The lowest BCUT2D eigenvalue weighted by atomic mass is 10.2. The first kappa shape index (κ1) is 19.2. The number of aromatic nitrogens is 2. The van der Waals surface area contributed by atoms with E-state index in [1.54, 1.807) is 0 Å². The van der Waals surface area contributed by atoms with Crippen molar-refractivity contribution in [1.29, 1.82) is 0 Å². The molecular formula is C18H19N3O4S2. The topological polar surface area (TPSA) is 90.3 Å². The van der Waals surface area contributed by atoms with Gasteiger partial charge in [0, 0.05) is 9.75 Å². The van der Waals surface area contributed by atoms with Crippen LogP contribution in [-0.4, -0.2) is 28.0 Å². The van der Waals surface area contributed by atoms with Gasteiger partial charge in [0.1, 0.15) is 11.4 Å². The van der Waals surface area contributed by atoms with Crippen molar-refractivity contribution in [2.75, 3.05) is 6.61 Å². The van der Waals surface area contributed by atoms with Crippen molar-refractivity contribution in [1.82, 2.24) is 14.9 Å². The molecule has 3 heterocycles. The molecule has 1 N–H and O–H groups in total. The molecule has 0 saturated heterocycles. The molecule has 0 bridgehead atoms. The standard InChI is InChI=1S/C18H19N3O4S2/c1-10-12(3)27-17-16(10)18(24)21(9-19-17)7-15(23)25-8-14(22)20-11(2)13-5-4-6-26-13/h4-6,9,11H,7-8H2,1-3H3,(H,20,22)/t11-/m0/s1. The number of thiophene rings is 2. The molecule has 0 aliphatic carbocycles. The Morgan fingerprint density at radius 1 is 1.37 bits per heavy atom. The molecule has 0 saturated carbocycles. The van der Waals surface area contributed by atoms with E-state index in [0.717, 1.165) is 15.3 Å². The van der Waals surface area contributed by atoms with E-state index in [1.807, 2.05) is 38.3 Å². The third kappa shape index (κ3) is 4.25. The molecule has 9 heteroatoms. The van der Waals surface area contributed by atoms with Crippen molar-refractivity contribution in [3.63, 3.8) is 0 Å². The Labute approximate surface area is 163 Å². The molecule has 1 amide bonds. The molecule has 142 valence electrons. The SMILES string of the molecule is Cc1sc2ncn(CC(=O)OCC(=O)N[C@@H](C)c3cccs3)c(=O)c2c1C. The summed E-state index contributed by atoms with van der Waals surface area (Å²) in [6.07, 6.45) is 1.33. The van der Waals surface area contributed by atoms with Gasteiger partial charge in [-0.05, 0) is 37.8 Å². The fraction of sp³-hybridized carbons (Fsp3) is 0.333. The molecule has 3 aromatic heterocycles. The van der Waals surface area contributed by atoms with E-state index < -0.39 is 18.5 Å². The van der Waals surface area contributed by atoms with Gasteiger partial charge in [0.05, 0.1) is 17.8 Å². The van der Waals surface area contributed by atoms with E-state index >= 15 is 0 Å². The van der Waals surface area contributed by atoms with Gasteiger partial charge < -0.3 is 10.1 Å². The maximum atomic E-state index is 12.6. The smallest absolute Gasteiger partial charge is 0.326 e. The van der Waals surface area contributed by atoms with E-state index in [9.17, 15) is 14.4 Å². The van der Waals surface area contributed by atoms with Gasteiger partial charge in [0.25, 0.3) is 11.5 Å². The van der Waals surface area contributed by atoms with Gasteiger partial charge in [-0.25, -0.2) is 4.98 Å². The maximum absolute atomic E-state index is 12.6. The molecular weight excluding hydrogens is 386 g/mol. The zero-order chi connectivity index (χ0) is 19.6. The fourth-order valence-corrected chi connectivity index (χ4v) is 4.33. The molecule has 0 unspecified atom stereocenters. The number of aryl methyl sites for hydroxylation is 2. The lowest BCUT2D eigenvalue weighted by molar-refractivity contribution is -0.149. The number of ether oxygens (including phenoxy) is 1. The highest BCUT2D eigenvalue weighted by atomic mass is 32.1. The Morgan fingerprint density at radius 2 is 2.15 bits per heavy atom. The highest BCUT2D eigenvalue weighted by molar-refractivity contribution is 7.18. The third-order valence-corrected chi connectivity index (χ3v) is 6.34. The van der Waals surface area contributed by atoms with E-state index in [2.05, 4.69) is 10.3 Å². The molecule has 0 aliphatic rings. The van der Waals surface area contributed by atoms with Crippen molar-refractivity contribution in [2.45, 2.75) is 33.4 Å². The van der Waals surface area contributed by atoms with Gasteiger partial charge in [-0.3, -0.25) is 19.0 Å². The van der Waals surface area contributed by atoms with E-state index in [0.29, 0.717) is 10.2 Å². The lowest BCUT2D eigenvalue weighted by Crippen LogP contribution is -2.32. The van der Waals surface area contributed by atoms with Gasteiger partial charge in [-0.15, -0.1) is 22.7 Å². The van der Waals surface area contributed by atoms with Crippen LogP contribution >= 0.6 is 22.7 Å². The predicted octanol–water partition coefficient (Wildman–Crippen LogP) is 2.56. The third-order valence-electron chi connectivity index (χ3n) is 4.17. The highest BCUT2D eigenvalue weighted by Crippen LogP contribution is 2.25. The molecule has 1 atom stereocenters. The van der Waals surface area contributed by atoms with Crippen LogP contribution in [0.1, 0.15) is 28.3 Å². The van der Waals surface area contributed by atoms with Crippen molar-refractivity contribution < 1.29 is 14.3 Å². The van der Waals surface area contributed by atoms with E-state index in [-0.39, 0.29) is 18.1 Å². The minimum Gasteiger partial charge on any atom is -0.454 e. The summed E-state index contributed by atoms with van der Waals surface area (Å²) in [4.78, 5) is 43.4. The van der Waals surface area contributed by atoms with Gasteiger partial charge in [-0.1, -0.05) is 6.07 Å². The number of rotatable bonds is 6. The Hall–Kier alpha value is -2.52. The summed E-state index contributed by atoms with van der Waals surface area (Å²) in [5, 5.41) is 5.21. The first-order chi connectivity index (χ1) is 12.9. The van der Waals surface area contributed by atoms with Crippen LogP contribution in [0.2, 0.25) is 0 Å². The number of hydrogen-bond donors (Lipinski definition) is 1. The minimum atomic E-state index is -0.665. The van der Waals surface area contributed by atoms with Gasteiger partial charge in [-0.2, -0.15) is 0 Å². The Balaban J connectivity index is 1.59. The second-order valence-corrected chi connectivity index (χ2v) is 8.29. The van der Waals surface area contributed by atoms with Crippen LogP contribution in [0.25, 0.3) is 10.2 Å². The average Bonchev–Trinajstić information content (AvgIpc) is 3.25. The zero-order valence-corrected chi connectivity index (χ0v) is 16.8. The Morgan fingerprint density at radius 3 is 2.85 bits per heavy atom. The second-order valence-electron chi connectivity index (χ2n) is 6.11. The van der Waals surface area contributed by atoms with Crippen LogP contribution in [0.3, 0.4) is 0 Å². The van der Waals surface area contributed by atoms with Crippen LogP contribution in [0.5, 0.6) is 0 Å². The summed E-state index contributed by atoms with van der Waals surface area (Å²) in [5.74, 6) is -1.06. The molecule has 27 heavy (non-hydrogen) atoms. The van der Waals surface area contributed by atoms with E-state index in [1.165, 1.54) is 33.6 Å². The van der Waals surface area contributed by atoms with E-state index in [4.69, 9.17) is 4.74 Å². The van der Waals surface area contributed by atoms with Crippen LogP contribution in [0.15, 0.2) is 28.6 Å². The van der Waals surface area contributed by atoms with Gasteiger partial charge in [0.15, 0.2) is 6.61 Å². The monoisotopic (exact) mass is 405 g/mol. The molecule has 0 radical (unpaired) electrons. The summed E-state index contributed by atoms with van der Waals surface area (Å²) in [7, 11) is 0. The summed E-state index contributed by atoms with van der Waals surface area (Å²) >= 11 is 2.98. The second kappa shape index (κ2) is 8.01. The first-order valence-corrected chi connectivity index (χ1v) is 10.00. The van der Waals surface area contributed by atoms with Gasteiger partial charge in [0.2, 0.25) is 0 Å². The zero-order valence-electron chi connectivity index (χ0n) is 15.1. The molecule has 0 aliphatic heterocycles. The molecule has 0 fully saturated rings. The number of carbonyl (C=O) groups is 2. The normalized spacial score (nSPS) is 12.1. The Kier molecular flexibility index (Phi) is 5.71. The largest absolute Gasteiger partial charge is 0.454 e. The fourth-order valence-electron chi connectivity index (χ4n) is 2.61. The summed E-state index contributed by atoms with van der Waals surface area (Å²) in [6.45, 7) is 4.96. The van der Waals surface area contributed by atoms with Crippen LogP contribution in [-0.2, 0) is 20.9 Å². The predicted molar refractivity (Wildman–Crippen MR) is 105 cm³/mol. The maximum Gasteiger partial charge on any atom is 0.326 e. The summed E-state index contributed by atoms with van der Waals surface area (Å²) in [5.41, 5.74) is 0.590. The number of fused-ring (bicyclic) bond motifs is 1. The minimum absolute atomic E-state index is 0.157. The Bertz CT molecular complexity index is 1040. The van der Waals surface area contributed by atoms with Crippen molar-refractivity contribution >= 4 is 44.8 Å². The van der Waals surface area contributed by atoms with Crippen LogP contribution in [0.4, 0.5) is 0 Å². The van der Waals surface area contributed by atoms with Gasteiger partial charge >= 0.3 is 5.97 Å². The number of amides is 1. The summed E-state index contributed by atoms with van der Waals surface area (Å²) in [6, 6.07) is 3.67. The van der Waals surface area contributed by atoms with Crippen molar-refractivity contribution in [2.24, 2.45) is 0 Å². The number of nitrogens with one attached hydrogen (secondary N) is 1. The van der Waals surface area contributed by atoms with Crippen LogP contribution in [0, 0.1) is 13.8 Å². The molecule has 7 nitrogen and oxygen atoms in total. The lowest BCUT2D eigenvalue weighted by Gasteiger charge is -2.12. The van der Waals surface area contributed by atoms with Crippen LogP contribution < -0.4 is 10.9 Å². The number of carbonyl (C=O) groups excluding carboxylic acids is 2. The first-order valence-electron chi connectivity index (χ1n) is 8.30. The summed E-state index contributed by atoms with van der Waals surface area (Å²) < 4.78 is 6.20. The number of esters is 1. The molecule has 0 aromatic carbocycles. The van der Waals surface area contributed by atoms with Crippen molar-refractivity contribution in [3.8, 4) is 0 Å². The molecule has 3 aromatic rings. The highest BCUT2D eigenvalue weighted by Gasteiger charge is 2.16. The quantitative estimate of drug-likeness (QED) is 0.637. The molecule has 0 spiro atoms. The van der Waals surface area contributed by atoms with Crippen molar-refractivity contribution in [3.05, 3.63) is 49.5 Å². The molecule has 3 rings (SSSR count). The average molecular weight is 406 g/mol.